The summed E-state index contributed by atoms with van der Waals surface area (Å²) in [4.78, 5) is 4.05. The molecule has 0 saturated heterocycles. The fourth-order valence-electron chi connectivity index (χ4n) is 4.03. The molecule has 2 unspecified atom stereocenters. The maximum absolute atomic E-state index is 6.16. The Bertz CT molecular complexity index is 510. The number of allylic oxidation sites excluding steroid dienone is 1. The van der Waals surface area contributed by atoms with Gasteiger partial charge in [-0.05, 0) is 60.6 Å². The van der Waals surface area contributed by atoms with Crippen molar-refractivity contribution in [1.82, 2.24) is 4.98 Å². The molecule has 21 heavy (non-hydrogen) atoms. The van der Waals surface area contributed by atoms with E-state index < -0.39 is 0 Å². The number of hydrogen-bond acceptors (Lipinski definition) is 2. The molecule has 3 rings (SSSR count). The Hall–Kier alpha value is -1.15. The second-order valence-electron chi connectivity index (χ2n) is 7.18. The van der Waals surface area contributed by atoms with Gasteiger partial charge < -0.3 is 4.74 Å². The molecule has 1 aromatic heterocycles. The highest BCUT2D eigenvalue weighted by atomic mass is 16.5. The van der Waals surface area contributed by atoms with Crippen LogP contribution in [-0.2, 0) is 11.3 Å². The van der Waals surface area contributed by atoms with Crippen LogP contribution in [0.15, 0.2) is 36.2 Å². The summed E-state index contributed by atoms with van der Waals surface area (Å²) < 4.78 is 6.16. The first-order chi connectivity index (χ1) is 10.1. The minimum atomic E-state index is 0.387. The standard InChI is InChI=1S/C19H27NO/c1-14-4-5-17-12-18(6-9-19(17,3)15(14)2)21-13-16-7-10-20-11-8-16/h5,7-8,10-11,14-15,18H,4,6,9,12-13H2,1-3H3/t14?,15?,18-,19+/m0/s1. The summed E-state index contributed by atoms with van der Waals surface area (Å²) in [5.41, 5.74) is 3.28. The zero-order valence-electron chi connectivity index (χ0n) is 13.5. The van der Waals surface area contributed by atoms with E-state index in [-0.39, 0.29) is 0 Å². The lowest BCUT2D eigenvalue weighted by Crippen LogP contribution is -2.40. The number of ether oxygens (including phenoxy) is 1. The molecule has 2 heteroatoms. The van der Waals surface area contributed by atoms with Crippen LogP contribution in [0, 0.1) is 17.3 Å². The summed E-state index contributed by atoms with van der Waals surface area (Å²) in [5.74, 6) is 1.60. The molecule has 1 fully saturated rings. The largest absolute Gasteiger partial charge is 0.373 e. The van der Waals surface area contributed by atoms with Crippen LogP contribution in [0.1, 0.15) is 52.0 Å². The van der Waals surface area contributed by atoms with Gasteiger partial charge in [0.25, 0.3) is 0 Å². The lowest BCUT2D eigenvalue weighted by molar-refractivity contribution is -0.00439. The Morgan fingerprint density at radius 3 is 2.81 bits per heavy atom. The molecule has 0 radical (unpaired) electrons. The highest BCUT2D eigenvalue weighted by molar-refractivity contribution is 5.22. The van der Waals surface area contributed by atoms with Gasteiger partial charge in [-0.1, -0.05) is 32.4 Å². The molecule has 1 aromatic rings. The van der Waals surface area contributed by atoms with E-state index in [0.717, 1.165) is 18.3 Å². The van der Waals surface area contributed by atoms with Gasteiger partial charge in [0.15, 0.2) is 0 Å². The van der Waals surface area contributed by atoms with Crippen LogP contribution in [0.2, 0.25) is 0 Å². The van der Waals surface area contributed by atoms with Gasteiger partial charge in [0.05, 0.1) is 12.7 Å². The molecule has 4 atom stereocenters. The highest BCUT2D eigenvalue weighted by Gasteiger charge is 2.43. The number of hydrogen-bond donors (Lipinski definition) is 0. The molecule has 1 heterocycles. The Balaban J connectivity index is 1.62. The van der Waals surface area contributed by atoms with Crippen molar-refractivity contribution in [2.24, 2.45) is 17.3 Å². The molecule has 2 aliphatic carbocycles. The van der Waals surface area contributed by atoms with E-state index in [4.69, 9.17) is 4.74 Å². The number of pyridine rings is 1. The van der Waals surface area contributed by atoms with Crippen molar-refractivity contribution in [2.45, 2.75) is 59.2 Å². The average Bonchev–Trinajstić information content (AvgIpc) is 2.51. The van der Waals surface area contributed by atoms with Gasteiger partial charge in [-0.2, -0.15) is 0 Å². The van der Waals surface area contributed by atoms with E-state index >= 15 is 0 Å². The van der Waals surface area contributed by atoms with Crippen molar-refractivity contribution in [3.8, 4) is 0 Å². The van der Waals surface area contributed by atoms with Crippen molar-refractivity contribution >= 4 is 0 Å². The van der Waals surface area contributed by atoms with E-state index in [1.165, 1.54) is 24.8 Å². The summed E-state index contributed by atoms with van der Waals surface area (Å²) >= 11 is 0. The fraction of sp³-hybridized carbons (Fsp3) is 0.632. The van der Waals surface area contributed by atoms with Crippen LogP contribution in [-0.4, -0.2) is 11.1 Å². The van der Waals surface area contributed by atoms with Gasteiger partial charge >= 0.3 is 0 Å². The molecule has 0 amide bonds. The molecular formula is C19H27NO. The molecule has 0 aromatic carbocycles. The smallest absolute Gasteiger partial charge is 0.0721 e. The van der Waals surface area contributed by atoms with Gasteiger partial charge in [-0.15, -0.1) is 0 Å². The number of aromatic nitrogens is 1. The van der Waals surface area contributed by atoms with Crippen LogP contribution in [0.5, 0.6) is 0 Å². The third-order valence-electron chi connectivity index (χ3n) is 6.00. The molecular weight excluding hydrogens is 258 g/mol. The van der Waals surface area contributed by atoms with E-state index in [9.17, 15) is 0 Å². The predicted molar refractivity (Wildman–Crippen MR) is 85.8 cm³/mol. The first kappa shape index (κ1) is 14.8. The van der Waals surface area contributed by atoms with Gasteiger partial charge in [0, 0.05) is 12.4 Å². The molecule has 2 nitrogen and oxygen atoms in total. The Labute approximate surface area is 128 Å². The van der Waals surface area contributed by atoms with Gasteiger partial charge in [0.1, 0.15) is 0 Å². The van der Waals surface area contributed by atoms with E-state index in [2.05, 4.69) is 31.8 Å². The van der Waals surface area contributed by atoms with Gasteiger partial charge in [0.2, 0.25) is 0 Å². The maximum atomic E-state index is 6.16. The molecule has 0 N–H and O–H groups in total. The Morgan fingerprint density at radius 1 is 1.29 bits per heavy atom. The zero-order chi connectivity index (χ0) is 14.9. The third kappa shape index (κ3) is 2.91. The van der Waals surface area contributed by atoms with Crippen molar-refractivity contribution in [2.75, 3.05) is 0 Å². The fourth-order valence-corrected chi connectivity index (χ4v) is 4.03. The Kier molecular flexibility index (Phi) is 4.17. The quantitative estimate of drug-likeness (QED) is 0.747. The second-order valence-corrected chi connectivity index (χ2v) is 7.18. The van der Waals surface area contributed by atoms with Crippen LogP contribution in [0.3, 0.4) is 0 Å². The summed E-state index contributed by atoms with van der Waals surface area (Å²) in [7, 11) is 0. The van der Waals surface area contributed by atoms with Crippen LogP contribution < -0.4 is 0 Å². The Morgan fingerprint density at radius 2 is 2.05 bits per heavy atom. The zero-order valence-corrected chi connectivity index (χ0v) is 13.5. The highest BCUT2D eigenvalue weighted by Crippen LogP contribution is 2.52. The monoisotopic (exact) mass is 285 g/mol. The van der Waals surface area contributed by atoms with Crippen LogP contribution >= 0.6 is 0 Å². The average molecular weight is 285 g/mol. The summed E-state index contributed by atoms with van der Waals surface area (Å²) in [6, 6.07) is 4.08. The molecule has 1 saturated carbocycles. The lowest BCUT2D eigenvalue weighted by Gasteiger charge is -2.49. The first-order valence-electron chi connectivity index (χ1n) is 8.29. The third-order valence-corrected chi connectivity index (χ3v) is 6.00. The van der Waals surface area contributed by atoms with Crippen molar-refractivity contribution in [3.63, 3.8) is 0 Å². The van der Waals surface area contributed by atoms with Gasteiger partial charge in [-0.25, -0.2) is 0 Å². The van der Waals surface area contributed by atoms with Crippen molar-refractivity contribution in [3.05, 3.63) is 41.7 Å². The van der Waals surface area contributed by atoms with Gasteiger partial charge in [-0.3, -0.25) is 4.98 Å². The van der Waals surface area contributed by atoms with Crippen molar-refractivity contribution in [1.29, 1.82) is 0 Å². The minimum Gasteiger partial charge on any atom is -0.373 e. The number of nitrogens with zero attached hydrogens (tertiary/aromatic N) is 1. The van der Waals surface area contributed by atoms with Crippen LogP contribution in [0.4, 0.5) is 0 Å². The second kappa shape index (κ2) is 5.92. The molecule has 114 valence electrons. The molecule has 0 aliphatic heterocycles. The van der Waals surface area contributed by atoms with E-state index in [1.807, 2.05) is 24.5 Å². The maximum Gasteiger partial charge on any atom is 0.0721 e. The SMILES string of the molecule is CC1CC=C2C[C@@H](OCc3ccncc3)CC[C@]2(C)C1C. The summed E-state index contributed by atoms with van der Waals surface area (Å²) in [6.07, 6.45) is 11.4. The topological polar surface area (TPSA) is 22.1 Å². The number of rotatable bonds is 3. The summed E-state index contributed by atoms with van der Waals surface area (Å²) in [6.45, 7) is 8.02. The van der Waals surface area contributed by atoms with Crippen LogP contribution in [0.25, 0.3) is 0 Å². The molecule has 2 aliphatic rings. The molecule has 0 bridgehead atoms. The van der Waals surface area contributed by atoms with E-state index in [1.54, 1.807) is 5.57 Å². The van der Waals surface area contributed by atoms with E-state index in [0.29, 0.717) is 18.1 Å². The molecule has 0 spiro atoms. The van der Waals surface area contributed by atoms with Crippen molar-refractivity contribution < 1.29 is 4.74 Å². The predicted octanol–water partition coefficient (Wildman–Crippen LogP) is 4.76. The first-order valence-corrected chi connectivity index (χ1v) is 8.29. The normalized spacial score (nSPS) is 36.0. The summed E-state index contributed by atoms with van der Waals surface area (Å²) in [5, 5.41) is 0. The lowest BCUT2D eigenvalue weighted by atomic mass is 9.57. The minimum absolute atomic E-state index is 0.387. The number of fused-ring (bicyclic) bond motifs is 1.